The van der Waals surface area contributed by atoms with Crippen LogP contribution >= 0.6 is 7.92 Å². The predicted molar refractivity (Wildman–Crippen MR) is 134 cm³/mol. The van der Waals surface area contributed by atoms with Crippen molar-refractivity contribution in [3.8, 4) is 28.4 Å². The average Bonchev–Trinajstić information content (AvgIpc) is 2.79. The van der Waals surface area contributed by atoms with Gasteiger partial charge in [0.2, 0.25) is 0 Å². The van der Waals surface area contributed by atoms with Crippen LogP contribution < -0.4 is 37.2 Å². The Morgan fingerprint density at radius 1 is 0.750 bits per heavy atom. The molecule has 0 saturated carbocycles. The molecule has 3 aromatic rings. The molecule has 0 aliphatic carbocycles. The summed E-state index contributed by atoms with van der Waals surface area (Å²) in [5, 5.41) is 2.73. The summed E-state index contributed by atoms with van der Waals surface area (Å²) < 4.78 is 17.3. The molecule has 3 rings (SSSR count). The van der Waals surface area contributed by atoms with Gasteiger partial charge in [0, 0.05) is 5.56 Å². The van der Waals surface area contributed by atoms with Crippen LogP contribution in [0.3, 0.4) is 0 Å². The first-order valence-electron chi connectivity index (χ1n) is 10.5. The second-order valence-corrected chi connectivity index (χ2v) is 9.81. The van der Waals surface area contributed by atoms with Gasteiger partial charge in [-0.1, -0.05) is 49.7 Å². The Morgan fingerprint density at radius 2 is 1.31 bits per heavy atom. The lowest BCUT2D eigenvalue weighted by Crippen LogP contribution is -3.00. The van der Waals surface area contributed by atoms with E-state index in [1.165, 1.54) is 34.6 Å². The van der Waals surface area contributed by atoms with Gasteiger partial charge >= 0.3 is 0 Å². The summed E-state index contributed by atoms with van der Waals surface area (Å²) in [4.78, 5) is 0. The Bertz CT molecular complexity index is 971. The fraction of sp³-hybridized carbons (Fsp3) is 0.308. The van der Waals surface area contributed by atoms with E-state index in [0.29, 0.717) is 0 Å². The predicted octanol–water partition coefficient (Wildman–Crippen LogP) is 1.83. The van der Waals surface area contributed by atoms with Gasteiger partial charge < -0.3 is 32.1 Å². The van der Waals surface area contributed by atoms with Crippen molar-refractivity contribution in [1.82, 2.24) is 0 Å². The molecule has 2 N–H and O–H groups in total. The van der Waals surface area contributed by atoms with Gasteiger partial charge in [0.1, 0.15) is 22.1 Å². The molecular formula is C26H34ClO4P. The zero-order chi connectivity index (χ0) is 21.5. The zero-order valence-electron chi connectivity index (χ0n) is 19.5. The molecule has 4 nitrogen and oxygen atoms in total. The topological polar surface area (TPSA) is 59.2 Å². The number of hydrogen-bond donors (Lipinski definition) is 0. The van der Waals surface area contributed by atoms with Crippen molar-refractivity contribution in [3.63, 3.8) is 0 Å². The minimum Gasteiger partial charge on any atom is -1.00 e. The molecule has 1 unspecified atom stereocenters. The lowest BCUT2D eigenvalue weighted by molar-refractivity contribution is -0.00000817. The largest absolute Gasteiger partial charge is 1.00 e. The highest BCUT2D eigenvalue weighted by Gasteiger charge is 2.32. The quantitative estimate of drug-likeness (QED) is 0.443. The molecule has 32 heavy (non-hydrogen) atoms. The third-order valence-corrected chi connectivity index (χ3v) is 8.67. The van der Waals surface area contributed by atoms with Gasteiger partial charge in [0.15, 0.2) is 5.75 Å². The first-order valence-corrected chi connectivity index (χ1v) is 12.2. The summed E-state index contributed by atoms with van der Waals surface area (Å²) in [6.07, 6.45) is 3.50. The monoisotopic (exact) mass is 476 g/mol. The van der Waals surface area contributed by atoms with E-state index in [1.54, 1.807) is 21.3 Å². The van der Waals surface area contributed by atoms with E-state index in [-0.39, 0.29) is 17.9 Å². The van der Waals surface area contributed by atoms with Gasteiger partial charge in [-0.2, -0.15) is 0 Å². The Morgan fingerprint density at radius 3 is 1.91 bits per heavy atom. The van der Waals surface area contributed by atoms with E-state index in [1.807, 2.05) is 24.3 Å². The Balaban J connectivity index is 0.00000256. The van der Waals surface area contributed by atoms with Crippen molar-refractivity contribution in [2.24, 2.45) is 0 Å². The van der Waals surface area contributed by atoms with Crippen LogP contribution in [-0.2, 0) is 0 Å². The number of aryl methyl sites for hydroxylation is 1. The van der Waals surface area contributed by atoms with Gasteiger partial charge in [0.25, 0.3) is 0 Å². The van der Waals surface area contributed by atoms with Crippen LogP contribution in [0.15, 0.2) is 60.7 Å². The molecule has 0 heterocycles. The molecule has 0 radical (unpaired) electrons. The standard InChI is InChI=1S/C26H31O3P.ClH.H2O/c1-6-7-18-30(24-17-9-8-14-21(24)27-3)26-19(2)12-10-13-20(26)25-22(28-4)15-11-16-23(25)29-5;;/h8-17H,6-7,18H2,1-5H3;1H;1H2. The fourth-order valence-electron chi connectivity index (χ4n) is 4.04. The molecule has 6 heteroatoms. The lowest BCUT2D eigenvalue weighted by atomic mass is 10.0. The van der Waals surface area contributed by atoms with Crippen LogP contribution in [0.5, 0.6) is 17.2 Å². The van der Waals surface area contributed by atoms with Crippen molar-refractivity contribution in [1.29, 1.82) is 0 Å². The number of halogens is 1. The van der Waals surface area contributed by atoms with Crippen molar-refractivity contribution in [2.75, 3.05) is 27.5 Å². The number of ether oxygens (including phenoxy) is 3. The molecule has 174 valence electrons. The fourth-order valence-corrected chi connectivity index (χ4v) is 7.40. The third-order valence-electron chi connectivity index (χ3n) is 5.48. The first-order chi connectivity index (χ1) is 14.7. The molecule has 0 aromatic heterocycles. The number of rotatable bonds is 9. The minimum atomic E-state index is -1.10. The number of methoxy groups -OCH3 is 3. The molecule has 0 spiro atoms. The summed E-state index contributed by atoms with van der Waals surface area (Å²) in [6, 6.07) is 21.0. The lowest BCUT2D eigenvalue weighted by Gasteiger charge is -2.20. The summed E-state index contributed by atoms with van der Waals surface area (Å²) in [7, 11) is 4.11. The molecule has 0 saturated heterocycles. The molecule has 3 aromatic carbocycles. The average molecular weight is 477 g/mol. The van der Waals surface area contributed by atoms with Crippen LogP contribution in [0.2, 0.25) is 0 Å². The minimum absolute atomic E-state index is 0. The maximum atomic E-state index is 5.78. The maximum absolute atomic E-state index is 5.78. The second kappa shape index (κ2) is 13.3. The Kier molecular flexibility index (Phi) is 11.6. The highest BCUT2D eigenvalue weighted by Crippen LogP contribution is 2.46. The summed E-state index contributed by atoms with van der Waals surface area (Å²) in [6.45, 7) is 4.47. The number of unbranched alkanes of at least 4 members (excludes halogenated alkanes) is 1. The molecule has 0 amide bonds. The summed E-state index contributed by atoms with van der Waals surface area (Å²) in [5.74, 6) is 2.64. The maximum Gasteiger partial charge on any atom is 0.161 e. The van der Waals surface area contributed by atoms with Gasteiger partial charge in [-0.05, 0) is 43.2 Å². The summed E-state index contributed by atoms with van der Waals surface area (Å²) >= 11 is 0. The number of benzene rings is 3. The molecule has 0 bridgehead atoms. The van der Waals surface area contributed by atoms with Crippen molar-refractivity contribution in [2.45, 2.75) is 26.7 Å². The van der Waals surface area contributed by atoms with E-state index < -0.39 is 7.92 Å². The SMILES string of the molecule is CCCC[PH+](c1ccccc1OC)c1c(C)cccc1-c1c(OC)cccc1OC.O.[Cl-]. The van der Waals surface area contributed by atoms with E-state index in [9.17, 15) is 0 Å². The van der Waals surface area contributed by atoms with E-state index in [0.717, 1.165) is 29.0 Å². The molecule has 0 aliphatic heterocycles. The summed E-state index contributed by atoms with van der Waals surface area (Å²) in [5.41, 5.74) is 3.52. The van der Waals surface area contributed by atoms with Gasteiger partial charge in [-0.3, -0.25) is 0 Å². The molecule has 1 atom stereocenters. The van der Waals surface area contributed by atoms with Gasteiger partial charge in [0.05, 0.1) is 41.0 Å². The van der Waals surface area contributed by atoms with Gasteiger partial charge in [-0.25, -0.2) is 0 Å². The molecule has 0 fully saturated rings. The highest BCUT2D eigenvalue weighted by molar-refractivity contribution is 7.73. The molecule has 0 aliphatic rings. The smallest absolute Gasteiger partial charge is 0.161 e. The van der Waals surface area contributed by atoms with Crippen molar-refractivity contribution < 1.29 is 32.1 Å². The van der Waals surface area contributed by atoms with E-state index in [4.69, 9.17) is 14.2 Å². The van der Waals surface area contributed by atoms with Crippen LogP contribution in [-0.4, -0.2) is 33.0 Å². The van der Waals surface area contributed by atoms with Gasteiger partial charge in [-0.15, -0.1) is 0 Å². The Labute approximate surface area is 199 Å². The van der Waals surface area contributed by atoms with Crippen LogP contribution in [0.4, 0.5) is 0 Å². The van der Waals surface area contributed by atoms with Crippen LogP contribution in [0, 0.1) is 6.92 Å². The number of para-hydroxylation sites is 1. The zero-order valence-corrected chi connectivity index (χ0v) is 21.3. The number of hydrogen-bond acceptors (Lipinski definition) is 3. The van der Waals surface area contributed by atoms with E-state index in [2.05, 4.69) is 50.2 Å². The molecular weight excluding hydrogens is 443 g/mol. The normalized spacial score (nSPS) is 11.0. The third kappa shape index (κ3) is 5.75. The van der Waals surface area contributed by atoms with Crippen molar-refractivity contribution >= 4 is 18.5 Å². The first kappa shape index (κ1) is 27.8. The second-order valence-electron chi connectivity index (χ2n) is 7.32. The highest BCUT2D eigenvalue weighted by atomic mass is 35.5. The van der Waals surface area contributed by atoms with E-state index >= 15 is 0 Å². The van der Waals surface area contributed by atoms with Crippen LogP contribution in [0.25, 0.3) is 11.1 Å². The Hall–Kier alpha value is -2.26. The van der Waals surface area contributed by atoms with Crippen LogP contribution in [0.1, 0.15) is 25.3 Å². The van der Waals surface area contributed by atoms with Crippen molar-refractivity contribution in [3.05, 3.63) is 66.2 Å².